The van der Waals surface area contributed by atoms with Crippen LogP contribution in [0.15, 0.2) is 0 Å². The quantitative estimate of drug-likeness (QED) is 0.519. The molecule has 0 aromatic rings. The second-order valence-corrected chi connectivity index (χ2v) is 5.52. The summed E-state index contributed by atoms with van der Waals surface area (Å²) >= 11 is 8.68. The van der Waals surface area contributed by atoms with Crippen molar-refractivity contribution in [3.05, 3.63) is 0 Å². The van der Waals surface area contributed by atoms with Crippen molar-refractivity contribution in [1.82, 2.24) is 9.62 Å². The minimum atomic E-state index is -0.138. The SMILES string of the molecule is CCCCCNC1CN(S)CCC(S)C1=O. The van der Waals surface area contributed by atoms with E-state index in [-0.39, 0.29) is 17.1 Å². The fourth-order valence-corrected chi connectivity index (χ4v) is 2.43. The van der Waals surface area contributed by atoms with Gasteiger partial charge in [0.1, 0.15) is 0 Å². The lowest BCUT2D eigenvalue weighted by atomic mass is 10.1. The number of thiol groups is 2. The summed E-state index contributed by atoms with van der Waals surface area (Å²) in [5.74, 6) is 0.219. The zero-order valence-corrected chi connectivity index (χ0v) is 11.6. The summed E-state index contributed by atoms with van der Waals surface area (Å²) in [4.78, 5) is 12.0. The van der Waals surface area contributed by atoms with Crippen LogP contribution in [0.3, 0.4) is 0 Å². The second-order valence-electron chi connectivity index (χ2n) is 4.33. The lowest BCUT2D eigenvalue weighted by Gasteiger charge is -2.19. The second kappa shape index (κ2) is 7.58. The number of hydrogen-bond acceptors (Lipinski definition) is 5. The minimum Gasteiger partial charge on any atom is -0.306 e. The molecule has 0 aromatic heterocycles. The third-order valence-corrected chi connectivity index (χ3v) is 3.77. The molecule has 0 spiro atoms. The van der Waals surface area contributed by atoms with Crippen molar-refractivity contribution in [1.29, 1.82) is 0 Å². The van der Waals surface area contributed by atoms with E-state index in [0.717, 1.165) is 25.9 Å². The normalized spacial score (nSPS) is 28.1. The molecule has 1 saturated heterocycles. The maximum Gasteiger partial charge on any atom is 0.163 e. The Morgan fingerprint density at radius 2 is 2.25 bits per heavy atom. The van der Waals surface area contributed by atoms with Gasteiger partial charge < -0.3 is 5.32 Å². The number of ketones is 1. The summed E-state index contributed by atoms with van der Waals surface area (Å²) in [7, 11) is 0. The van der Waals surface area contributed by atoms with Gasteiger partial charge in [0, 0.05) is 13.1 Å². The maximum absolute atomic E-state index is 12.0. The topological polar surface area (TPSA) is 32.3 Å². The van der Waals surface area contributed by atoms with Crippen molar-refractivity contribution < 1.29 is 4.79 Å². The van der Waals surface area contributed by atoms with Crippen LogP contribution < -0.4 is 5.32 Å². The molecule has 1 fully saturated rings. The Hall–Kier alpha value is 0.290. The van der Waals surface area contributed by atoms with Gasteiger partial charge in [-0.25, -0.2) is 0 Å². The van der Waals surface area contributed by atoms with Crippen LogP contribution in [-0.4, -0.2) is 41.0 Å². The molecule has 1 rings (SSSR count). The number of carbonyl (C=O) groups is 1. The molecule has 5 heteroatoms. The van der Waals surface area contributed by atoms with Crippen molar-refractivity contribution in [2.24, 2.45) is 0 Å². The van der Waals surface area contributed by atoms with Crippen LogP contribution in [0.2, 0.25) is 0 Å². The molecular weight excluding hydrogens is 240 g/mol. The fourth-order valence-electron chi connectivity index (χ4n) is 1.85. The van der Waals surface area contributed by atoms with E-state index in [9.17, 15) is 4.79 Å². The molecular formula is C11H22N2OS2. The summed E-state index contributed by atoms with van der Waals surface area (Å²) in [6.45, 7) is 4.60. The summed E-state index contributed by atoms with van der Waals surface area (Å²) < 4.78 is 1.91. The molecule has 1 aliphatic rings. The van der Waals surface area contributed by atoms with Crippen molar-refractivity contribution in [3.63, 3.8) is 0 Å². The molecule has 0 bridgehead atoms. The predicted molar refractivity (Wildman–Crippen MR) is 74.3 cm³/mol. The van der Waals surface area contributed by atoms with E-state index in [1.807, 2.05) is 4.31 Å². The average molecular weight is 262 g/mol. The molecule has 1 N–H and O–H groups in total. The molecule has 0 radical (unpaired) electrons. The smallest absolute Gasteiger partial charge is 0.163 e. The van der Waals surface area contributed by atoms with Gasteiger partial charge in [-0.3, -0.25) is 9.10 Å². The number of unbranched alkanes of at least 4 members (excludes halogenated alkanes) is 2. The number of hydrogen-bond donors (Lipinski definition) is 3. The van der Waals surface area contributed by atoms with Gasteiger partial charge in [-0.1, -0.05) is 32.6 Å². The van der Waals surface area contributed by atoms with Crippen molar-refractivity contribution in [2.75, 3.05) is 19.6 Å². The van der Waals surface area contributed by atoms with E-state index in [0.29, 0.717) is 6.54 Å². The maximum atomic E-state index is 12.0. The van der Waals surface area contributed by atoms with Gasteiger partial charge >= 0.3 is 0 Å². The Morgan fingerprint density at radius 3 is 2.94 bits per heavy atom. The first kappa shape index (κ1) is 14.4. The molecule has 3 nitrogen and oxygen atoms in total. The molecule has 2 atom stereocenters. The number of nitrogens with one attached hydrogen (secondary N) is 1. The molecule has 0 amide bonds. The first-order chi connectivity index (χ1) is 7.65. The zero-order chi connectivity index (χ0) is 12.0. The first-order valence-electron chi connectivity index (χ1n) is 6.04. The number of nitrogens with zero attached hydrogens (tertiary/aromatic N) is 1. The van der Waals surface area contributed by atoms with Gasteiger partial charge in [0.25, 0.3) is 0 Å². The third kappa shape index (κ3) is 4.65. The molecule has 94 valence electrons. The van der Waals surface area contributed by atoms with Gasteiger partial charge in [-0.05, 0) is 19.4 Å². The molecule has 16 heavy (non-hydrogen) atoms. The fraction of sp³-hybridized carbons (Fsp3) is 0.909. The lowest BCUT2D eigenvalue weighted by Crippen LogP contribution is -2.44. The first-order valence-corrected chi connectivity index (χ1v) is 6.95. The Balaban J connectivity index is 2.38. The van der Waals surface area contributed by atoms with Crippen LogP contribution in [0.1, 0.15) is 32.6 Å². The van der Waals surface area contributed by atoms with E-state index in [4.69, 9.17) is 0 Å². The summed E-state index contributed by atoms with van der Waals surface area (Å²) in [5, 5.41) is 3.18. The van der Waals surface area contributed by atoms with Crippen LogP contribution in [0.25, 0.3) is 0 Å². The molecule has 0 aromatic carbocycles. The number of rotatable bonds is 5. The Morgan fingerprint density at radius 1 is 1.50 bits per heavy atom. The molecule has 2 unspecified atom stereocenters. The van der Waals surface area contributed by atoms with E-state index >= 15 is 0 Å². The Kier molecular flexibility index (Phi) is 6.80. The minimum absolute atomic E-state index is 0.0978. The highest BCUT2D eigenvalue weighted by Crippen LogP contribution is 2.14. The largest absolute Gasteiger partial charge is 0.306 e. The van der Waals surface area contributed by atoms with Crippen molar-refractivity contribution in [2.45, 2.75) is 43.9 Å². The lowest BCUT2D eigenvalue weighted by molar-refractivity contribution is -0.120. The van der Waals surface area contributed by atoms with Crippen LogP contribution in [0.5, 0.6) is 0 Å². The van der Waals surface area contributed by atoms with E-state index in [2.05, 4.69) is 37.7 Å². The van der Waals surface area contributed by atoms with E-state index in [1.165, 1.54) is 12.8 Å². The molecule has 0 saturated carbocycles. The van der Waals surface area contributed by atoms with Crippen LogP contribution in [0.4, 0.5) is 0 Å². The molecule has 1 aliphatic heterocycles. The number of carbonyl (C=O) groups excluding carboxylic acids is 1. The monoisotopic (exact) mass is 262 g/mol. The van der Waals surface area contributed by atoms with Crippen LogP contribution >= 0.6 is 25.4 Å². The standard InChI is InChI=1S/C11H22N2OS2/c1-2-3-4-6-12-9-8-13(16)7-5-10(15)11(9)14/h9-10,12,15-16H,2-8H2,1H3. The van der Waals surface area contributed by atoms with Gasteiger partial charge in [0.2, 0.25) is 0 Å². The average Bonchev–Trinajstić information content (AvgIpc) is 2.39. The van der Waals surface area contributed by atoms with E-state index in [1.54, 1.807) is 0 Å². The van der Waals surface area contributed by atoms with Gasteiger partial charge in [0.15, 0.2) is 5.78 Å². The highest BCUT2D eigenvalue weighted by Gasteiger charge is 2.28. The van der Waals surface area contributed by atoms with Crippen LogP contribution in [0, 0.1) is 0 Å². The Labute approximate surface area is 109 Å². The van der Waals surface area contributed by atoms with Gasteiger partial charge in [-0.15, -0.1) is 0 Å². The van der Waals surface area contributed by atoms with Gasteiger partial charge in [-0.2, -0.15) is 12.6 Å². The predicted octanol–water partition coefficient (Wildman–Crippen LogP) is 1.55. The summed E-state index contributed by atoms with van der Waals surface area (Å²) in [5.41, 5.74) is 0. The zero-order valence-electron chi connectivity index (χ0n) is 9.85. The highest BCUT2D eigenvalue weighted by molar-refractivity contribution is 7.81. The Bertz CT molecular complexity index is 226. The molecule has 0 aliphatic carbocycles. The van der Waals surface area contributed by atoms with Crippen LogP contribution in [-0.2, 0) is 4.79 Å². The molecule has 1 heterocycles. The van der Waals surface area contributed by atoms with E-state index < -0.39 is 0 Å². The number of Topliss-reactive ketones (excluding diaryl/α,β-unsaturated/α-hetero) is 1. The highest BCUT2D eigenvalue weighted by atomic mass is 32.1. The van der Waals surface area contributed by atoms with Crippen molar-refractivity contribution in [3.8, 4) is 0 Å². The summed E-state index contributed by atoms with van der Waals surface area (Å²) in [6, 6.07) is -0.0978. The van der Waals surface area contributed by atoms with Gasteiger partial charge in [0.05, 0.1) is 11.3 Å². The summed E-state index contributed by atoms with van der Waals surface area (Å²) in [6.07, 6.45) is 4.33. The van der Waals surface area contributed by atoms with Crippen molar-refractivity contribution >= 4 is 31.2 Å². The third-order valence-electron chi connectivity index (χ3n) is 2.90.